The van der Waals surface area contributed by atoms with Crippen LogP contribution in [0.5, 0.6) is 0 Å². The highest BCUT2D eigenvalue weighted by molar-refractivity contribution is 5.94. The second-order valence-electron chi connectivity index (χ2n) is 9.96. The topological polar surface area (TPSA) is 45.2 Å². The molecule has 1 atom stereocenters. The number of carbonyl (C=O) groups is 1. The van der Waals surface area contributed by atoms with Crippen LogP contribution < -0.4 is 10.2 Å². The smallest absolute Gasteiger partial charge is 0.356 e. The van der Waals surface area contributed by atoms with E-state index in [1.807, 2.05) is 30.3 Å². The minimum absolute atomic E-state index is 0.180. The first-order valence-electron chi connectivity index (χ1n) is 13.0. The molecular weight excluding hydrogens is 487 g/mol. The van der Waals surface area contributed by atoms with E-state index in [9.17, 15) is 18.0 Å². The van der Waals surface area contributed by atoms with Crippen molar-refractivity contribution in [2.24, 2.45) is 5.92 Å². The second-order valence-corrected chi connectivity index (χ2v) is 9.96. The number of aromatic nitrogens is 1. The quantitative estimate of drug-likeness (QED) is 0.280. The Balaban J connectivity index is 1.18. The Morgan fingerprint density at radius 3 is 2.50 bits per heavy atom. The molecule has 1 saturated heterocycles. The van der Waals surface area contributed by atoms with Crippen molar-refractivity contribution >= 4 is 28.3 Å². The number of benzene rings is 3. The van der Waals surface area contributed by atoms with E-state index in [1.165, 1.54) is 24.1 Å². The molecule has 7 heteroatoms. The summed E-state index contributed by atoms with van der Waals surface area (Å²) in [4.78, 5) is 19.7. The van der Waals surface area contributed by atoms with Gasteiger partial charge in [0.25, 0.3) is 0 Å². The van der Waals surface area contributed by atoms with Crippen molar-refractivity contribution in [2.45, 2.75) is 38.3 Å². The van der Waals surface area contributed by atoms with E-state index in [0.717, 1.165) is 54.8 Å². The minimum Gasteiger partial charge on any atom is -0.356 e. The van der Waals surface area contributed by atoms with Crippen LogP contribution in [0.3, 0.4) is 0 Å². The van der Waals surface area contributed by atoms with Gasteiger partial charge >= 0.3 is 6.18 Å². The highest BCUT2D eigenvalue weighted by Gasteiger charge is 2.30. The number of halogens is 3. The normalized spacial score (nSPS) is 16.0. The number of rotatable bonds is 7. The maximum Gasteiger partial charge on any atom is 0.416 e. The number of amides is 1. The van der Waals surface area contributed by atoms with E-state index in [2.05, 4.69) is 40.5 Å². The zero-order valence-electron chi connectivity index (χ0n) is 21.0. The number of nitrogens with one attached hydrogen (secondary N) is 1. The third kappa shape index (κ3) is 6.52. The van der Waals surface area contributed by atoms with Gasteiger partial charge in [-0.05, 0) is 85.2 Å². The SMILES string of the molecule is O=C(CCc1ccc(C(F)(F)F)cc1)Nc1ccc2nc(N3CCC[C@@H](Cc4ccccc4)C3)ccc2c1. The first kappa shape index (κ1) is 25.8. The molecule has 3 aromatic carbocycles. The summed E-state index contributed by atoms with van der Waals surface area (Å²) in [5.74, 6) is 1.39. The average molecular weight is 518 g/mol. The van der Waals surface area contributed by atoms with E-state index in [4.69, 9.17) is 4.98 Å². The van der Waals surface area contributed by atoms with Crippen LogP contribution in [-0.2, 0) is 23.8 Å². The summed E-state index contributed by atoms with van der Waals surface area (Å²) in [6, 6.07) is 25.3. The predicted molar refractivity (Wildman–Crippen MR) is 145 cm³/mol. The number of piperidine rings is 1. The molecule has 0 radical (unpaired) electrons. The summed E-state index contributed by atoms with van der Waals surface area (Å²) >= 11 is 0. The summed E-state index contributed by atoms with van der Waals surface area (Å²) in [7, 11) is 0. The lowest BCUT2D eigenvalue weighted by atomic mass is 9.91. The lowest BCUT2D eigenvalue weighted by Gasteiger charge is -2.34. The third-order valence-corrected chi connectivity index (χ3v) is 7.09. The van der Waals surface area contributed by atoms with Crippen molar-refractivity contribution in [3.8, 4) is 0 Å². The van der Waals surface area contributed by atoms with Crippen LogP contribution in [0.15, 0.2) is 84.9 Å². The lowest BCUT2D eigenvalue weighted by Crippen LogP contribution is -2.36. The van der Waals surface area contributed by atoms with E-state index >= 15 is 0 Å². The van der Waals surface area contributed by atoms with Crippen molar-refractivity contribution in [3.63, 3.8) is 0 Å². The van der Waals surface area contributed by atoms with Gasteiger partial charge in [-0.25, -0.2) is 4.98 Å². The molecule has 196 valence electrons. The van der Waals surface area contributed by atoms with Gasteiger partial charge in [-0.15, -0.1) is 0 Å². The Labute approximate surface area is 220 Å². The number of aryl methyl sites for hydroxylation is 1. The molecule has 4 nitrogen and oxygen atoms in total. The predicted octanol–water partition coefficient (Wildman–Crippen LogP) is 7.28. The van der Waals surface area contributed by atoms with Gasteiger partial charge in [-0.1, -0.05) is 42.5 Å². The van der Waals surface area contributed by atoms with Gasteiger partial charge in [0.15, 0.2) is 0 Å². The zero-order valence-corrected chi connectivity index (χ0v) is 21.0. The van der Waals surface area contributed by atoms with Crippen LogP contribution >= 0.6 is 0 Å². The summed E-state index contributed by atoms with van der Waals surface area (Å²) in [5, 5.41) is 3.83. The summed E-state index contributed by atoms with van der Waals surface area (Å²) in [6.45, 7) is 1.98. The fourth-order valence-electron chi connectivity index (χ4n) is 5.10. The molecule has 0 saturated carbocycles. The fourth-order valence-corrected chi connectivity index (χ4v) is 5.10. The monoisotopic (exact) mass is 517 g/mol. The fraction of sp³-hybridized carbons (Fsp3) is 0.290. The Bertz CT molecular complexity index is 1390. The number of fused-ring (bicyclic) bond motifs is 1. The molecule has 2 heterocycles. The Hall–Kier alpha value is -3.87. The lowest BCUT2D eigenvalue weighted by molar-refractivity contribution is -0.137. The Kier molecular flexibility index (Phi) is 7.63. The van der Waals surface area contributed by atoms with Gasteiger partial charge in [0.2, 0.25) is 5.91 Å². The molecule has 1 aliphatic rings. The van der Waals surface area contributed by atoms with Crippen molar-refractivity contribution in [1.82, 2.24) is 4.98 Å². The van der Waals surface area contributed by atoms with Crippen LogP contribution in [0.1, 0.15) is 36.0 Å². The number of anilines is 2. The number of carbonyl (C=O) groups excluding carboxylic acids is 1. The number of pyridine rings is 1. The molecule has 1 amide bonds. The molecule has 0 spiro atoms. The summed E-state index contributed by atoms with van der Waals surface area (Å²) < 4.78 is 38.2. The van der Waals surface area contributed by atoms with E-state index in [1.54, 1.807) is 0 Å². The van der Waals surface area contributed by atoms with Crippen molar-refractivity contribution < 1.29 is 18.0 Å². The molecule has 0 aliphatic carbocycles. The first-order valence-corrected chi connectivity index (χ1v) is 13.0. The van der Waals surface area contributed by atoms with E-state index < -0.39 is 11.7 Å². The van der Waals surface area contributed by atoms with Gasteiger partial charge in [-0.3, -0.25) is 4.79 Å². The number of nitrogens with zero attached hydrogens (tertiary/aromatic N) is 2. The molecule has 5 rings (SSSR count). The van der Waals surface area contributed by atoms with Gasteiger partial charge in [-0.2, -0.15) is 13.2 Å². The van der Waals surface area contributed by atoms with Gasteiger partial charge in [0.05, 0.1) is 11.1 Å². The molecule has 0 unspecified atom stereocenters. The minimum atomic E-state index is -4.36. The molecule has 1 aromatic heterocycles. The molecular formula is C31H30F3N3O. The maximum atomic E-state index is 12.7. The van der Waals surface area contributed by atoms with Crippen molar-refractivity contribution in [3.05, 3.63) is 102 Å². The van der Waals surface area contributed by atoms with Gasteiger partial charge in [0, 0.05) is 30.6 Å². The maximum absolute atomic E-state index is 12.7. The first-order chi connectivity index (χ1) is 18.3. The van der Waals surface area contributed by atoms with Gasteiger partial charge < -0.3 is 10.2 Å². The summed E-state index contributed by atoms with van der Waals surface area (Å²) in [5.41, 5.74) is 2.92. The van der Waals surface area contributed by atoms with Crippen LogP contribution in [0.4, 0.5) is 24.7 Å². The molecule has 0 bridgehead atoms. The highest BCUT2D eigenvalue weighted by Crippen LogP contribution is 2.30. The number of alkyl halides is 3. The zero-order chi connectivity index (χ0) is 26.5. The number of hydrogen-bond donors (Lipinski definition) is 1. The second kappa shape index (κ2) is 11.3. The average Bonchev–Trinajstić information content (AvgIpc) is 2.92. The van der Waals surface area contributed by atoms with E-state index in [0.29, 0.717) is 23.6 Å². The molecule has 1 N–H and O–H groups in total. The largest absolute Gasteiger partial charge is 0.416 e. The van der Waals surface area contributed by atoms with Crippen LogP contribution in [0.25, 0.3) is 10.9 Å². The van der Waals surface area contributed by atoms with Crippen LogP contribution in [0, 0.1) is 5.92 Å². The molecule has 1 fully saturated rings. The third-order valence-electron chi connectivity index (χ3n) is 7.09. The van der Waals surface area contributed by atoms with E-state index in [-0.39, 0.29) is 12.3 Å². The molecule has 1 aliphatic heterocycles. The van der Waals surface area contributed by atoms with Crippen LogP contribution in [0.2, 0.25) is 0 Å². The van der Waals surface area contributed by atoms with Crippen molar-refractivity contribution in [1.29, 1.82) is 0 Å². The molecule has 38 heavy (non-hydrogen) atoms. The van der Waals surface area contributed by atoms with Gasteiger partial charge in [0.1, 0.15) is 5.82 Å². The standard InChI is InChI=1S/C31H30F3N3O/c32-31(33,34)26-12-8-22(9-13-26)10-17-30(38)35-27-14-15-28-25(20-27)11-16-29(36-28)37-18-4-7-24(21-37)19-23-5-2-1-3-6-23/h1-3,5-6,8-9,11-16,20,24H,4,7,10,17-19,21H2,(H,35,38)/t24-/m0/s1. The van der Waals surface area contributed by atoms with Crippen LogP contribution in [-0.4, -0.2) is 24.0 Å². The van der Waals surface area contributed by atoms with Crippen molar-refractivity contribution in [2.75, 3.05) is 23.3 Å². The highest BCUT2D eigenvalue weighted by atomic mass is 19.4. The molecule has 4 aromatic rings. The Morgan fingerprint density at radius 1 is 0.947 bits per heavy atom. The Morgan fingerprint density at radius 2 is 1.74 bits per heavy atom. The summed E-state index contributed by atoms with van der Waals surface area (Å²) in [6.07, 6.45) is -0.369. The number of hydrogen-bond acceptors (Lipinski definition) is 3.